The first-order chi connectivity index (χ1) is 13.1. The number of sulfonamides is 1. The number of hydrogen-bond acceptors (Lipinski definition) is 5. The lowest BCUT2D eigenvalue weighted by atomic mass is 10.2. The summed E-state index contributed by atoms with van der Waals surface area (Å²) in [6.07, 6.45) is 0. The maximum absolute atomic E-state index is 13.1. The lowest BCUT2D eigenvalue weighted by Gasteiger charge is -2.21. The summed E-state index contributed by atoms with van der Waals surface area (Å²) in [4.78, 5) is 23.8. The van der Waals surface area contributed by atoms with E-state index in [1.54, 1.807) is 13.8 Å². The molecule has 2 aromatic rings. The lowest BCUT2D eigenvalue weighted by molar-refractivity contribution is -0.119. The van der Waals surface area contributed by atoms with Gasteiger partial charge in [-0.2, -0.15) is 4.31 Å². The van der Waals surface area contributed by atoms with Gasteiger partial charge in [0.25, 0.3) is 5.91 Å². The molecule has 0 radical (unpaired) electrons. The number of ether oxygens (including phenoxy) is 1. The fraction of sp³-hybridized carbons (Fsp3) is 0.263. The van der Waals surface area contributed by atoms with E-state index in [0.29, 0.717) is 5.69 Å². The van der Waals surface area contributed by atoms with Crippen molar-refractivity contribution in [2.24, 2.45) is 0 Å². The van der Waals surface area contributed by atoms with Crippen LogP contribution >= 0.6 is 0 Å². The zero-order valence-corrected chi connectivity index (χ0v) is 16.5. The molecule has 0 spiro atoms. The Labute approximate surface area is 163 Å². The van der Waals surface area contributed by atoms with E-state index in [9.17, 15) is 22.4 Å². The van der Waals surface area contributed by atoms with Crippen molar-refractivity contribution < 1.29 is 27.1 Å². The van der Waals surface area contributed by atoms with Crippen LogP contribution in [0, 0.1) is 5.82 Å². The molecule has 0 aliphatic carbocycles. The van der Waals surface area contributed by atoms with Gasteiger partial charge in [0.05, 0.1) is 10.5 Å². The molecule has 0 heterocycles. The number of halogens is 1. The summed E-state index contributed by atoms with van der Waals surface area (Å²) < 4.78 is 44.0. The van der Waals surface area contributed by atoms with Gasteiger partial charge in [0.15, 0.2) is 6.61 Å². The van der Waals surface area contributed by atoms with Gasteiger partial charge in [-0.1, -0.05) is 6.07 Å². The van der Waals surface area contributed by atoms with Gasteiger partial charge in [-0.3, -0.25) is 4.79 Å². The largest absolute Gasteiger partial charge is 0.452 e. The number of anilines is 1. The van der Waals surface area contributed by atoms with Crippen molar-refractivity contribution in [3.05, 3.63) is 59.9 Å². The van der Waals surface area contributed by atoms with Gasteiger partial charge < -0.3 is 10.1 Å². The smallest absolute Gasteiger partial charge is 0.338 e. The van der Waals surface area contributed by atoms with Crippen molar-refractivity contribution in [2.45, 2.75) is 24.8 Å². The van der Waals surface area contributed by atoms with Crippen LogP contribution in [0.4, 0.5) is 10.1 Å². The summed E-state index contributed by atoms with van der Waals surface area (Å²) >= 11 is 0. The second kappa shape index (κ2) is 8.94. The van der Waals surface area contributed by atoms with E-state index in [2.05, 4.69) is 5.32 Å². The summed E-state index contributed by atoms with van der Waals surface area (Å²) in [5.41, 5.74) is 0.342. The molecule has 0 aromatic heterocycles. The highest BCUT2D eigenvalue weighted by atomic mass is 32.2. The number of nitrogens with zero attached hydrogens (tertiary/aromatic N) is 1. The number of rotatable bonds is 7. The zero-order chi connectivity index (χ0) is 20.9. The molecule has 0 aliphatic heterocycles. The van der Waals surface area contributed by atoms with Crippen molar-refractivity contribution in [3.63, 3.8) is 0 Å². The Bertz CT molecular complexity index is 959. The highest BCUT2D eigenvalue weighted by molar-refractivity contribution is 7.89. The number of esters is 1. The van der Waals surface area contributed by atoms with E-state index in [-0.39, 0.29) is 16.5 Å². The SMILES string of the molecule is CC(C)N(C)S(=O)(=O)c1ccc(NC(=O)COC(=O)c2cccc(F)c2)cc1. The molecule has 0 unspecified atom stereocenters. The van der Waals surface area contributed by atoms with Crippen LogP contribution < -0.4 is 5.32 Å². The third-order valence-electron chi connectivity index (χ3n) is 3.94. The summed E-state index contributed by atoms with van der Waals surface area (Å²) in [7, 11) is -2.13. The lowest BCUT2D eigenvalue weighted by Crippen LogP contribution is -2.33. The highest BCUT2D eigenvalue weighted by Gasteiger charge is 2.22. The minimum atomic E-state index is -3.62. The maximum atomic E-state index is 13.1. The first kappa shape index (κ1) is 21.5. The molecule has 1 N–H and O–H groups in total. The van der Waals surface area contributed by atoms with Crippen LogP contribution in [0.3, 0.4) is 0 Å². The van der Waals surface area contributed by atoms with Crippen molar-refractivity contribution in [1.82, 2.24) is 4.31 Å². The molecule has 9 heteroatoms. The van der Waals surface area contributed by atoms with Crippen molar-refractivity contribution in [3.8, 4) is 0 Å². The Morgan fingerprint density at radius 2 is 1.79 bits per heavy atom. The van der Waals surface area contributed by atoms with Crippen LogP contribution in [-0.2, 0) is 19.6 Å². The summed E-state index contributed by atoms with van der Waals surface area (Å²) in [6.45, 7) is 2.96. The first-order valence-corrected chi connectivity index (χ1v) is 9.86. The quantitative estimate of drug-likeness (QED) is 0.711. The zero-order valence-electron chi connectivity index (χ0n) is 15.7. The molecule has 0 saturated heterocycles. The second-order valence-electron chi connectivity index (χ2n) is 6.27. The number of nitrogens with one attached hydrogen (secondary N) is 1. The van der Waals surface area contributed by atoms with Gasteiger partial charge in [-0.05, 0) is 56.3 Å². The topological polar surface area (TPSA) is 92.8 Å². The van der Waals surface area contributed by atoms with Gasteiger partial charge in [-0.15, -0.1) is 0 Å². The maximum Gasteiger partial charge on any atom is 0.338 e. The number of hydrogen-bond donors (Lipinski definition) is 1. The molecular formula is C19H21FN2O5S. The fourth-order valence-corrected chi connectivity index (χ4v) is 3.55. The second-order valence-corrected chi connectivity index (χ2v) is 8.27. The molecule has 0 atom stereocenters. The van der Waals surface area contributed by atoms with Crippen LogP contribution in [0.1, 0.15) is 24.2 Å². The summed E-state index contributed by atoms with van der Waals surface area (Å²) in [5.74, 6) is -2.02. The predicted octanol–water partition coefficient (Wildman–Crippen LogP) is 2.65. The van der Waals surface area contributed by atoms with Crippen LogP contribution in [0.25, 0.3) is 0 Å². The van der Waals surface area contributed by atoms with Crippen molar-refractivity contribution in [2.75, 3.05) is 19.0 Å². The third-order valence-corrected chi connectivity index (χ3v) is 5.98. The average molecular weight is 408 g/mol. The van der Waals surface area contributed by atoms with Gasteiger partial charge in [-0.25, -0.2) is 17.6 Å². The van der Waals surface area contributed by atoms with Gasteiger partial charge in [0.2, 0.25) is 10.0 Å². The molecule has 28 heavy (non-hydrogen) atoms. The monoisotopic (exact) mass is 408 g/mol. The van der Waals surface area contributed by atoms with Crippen molar-refractivity contribution >= 4 is 27.6 Å². The minimum Gasteiger partial charge on any atom is -0.452 e. The predicted molar refractivity (Wildman–Crippen MR) is 102 cm³/mol. The summed E-state index contributed by atoms with van der Waals surface area (Å²) in [6, 6.07) is 10.4. The molecular weight excluding hydrogens is 387 g/mol. The van der Waals surface area contributed by atoms with Crippen LogP contribution in [-0.4, -0.2) is 44.3 Å². The van der Waals surface area contributed by atoms with Crippen LogP contribution in [0.5, 0.6) is 0 Å². The normalized spacial score (nSPS) is 11.5. The molecule has 2 aromatic carbocycles. The van der Waals surface area contributed by atoms with E-state index in [4.69, 9.17) is 4.74 Å². The highest BCUT2D eigenvalue weighted by Crippen LogP contribution is 2.19. The van der Waals surface area contributed by atoms with Crippen LogP contribution in [0.15, 0.2) is 53.4 Å². The van der Waals surface area contributed by atoms with E-state index in [1.807, 2.05) is 0 Å². The Hall–Kier alpha value is -2.78. The first-order valence-electron chi connectivity index (χ1n) is 8.42. The molecule has 0 bridgehead atoms. The molecule has 0 fully saturated rings. The van der Waals surface area contributed by atoms with Gasteiger partial charge >= 0.3 is 5.97 Å². The average Bonchev–Trinajstić information content (AvgIpc) is 2.65. The van der Waals surface area contributed by atoms with Gasteiger partial charge in [0, 0.05) is 18.8 Å². The minimum absolute atomic E-state index is 0.00312. The fourth-order valence-electron chi connectivity index (χ4n) is 2.18. The Morgan fingerprint density at radius 3 is 2.36 bits per heavy atom. The molecule has 7 nitrogen and oxygen atoms in total. The number of amides is 1. The Kier molecular flexibility index (Phi) is 6.87. The number of carbonyl (C=O) groups excluding carboxylic acids is 2. The van der Waals surface area contributed by atoms with E-state index >= 15 is 0 Å². The molecule has 150 valence electrons. The molecule has 1 amide bonds. The molecule has 0 aliphatic rings. The Morgan fingerprint density at radius 1 is 1.14 bits per heavy atom. The Balaban J connectivity index is 1.95. The van der Waals surface area contributed by atoms with E-state index < -0.39 is 34.3 Å². The van der Waals surface area contributed by atoms with Crippen LogP contribution in [0.2, 0.25) is 0 Å². The number of benzene rings is 2. The molecule has 0 saturated carbocycles. The van der Waals surface area contributed by atoms with E-state index in [0.717, 1.165) is 6.07 Å². The standard InChI is InChI=1S/C19H21FN2O5S/c1-13(2)22(3)28(25,26)17-9-7-16(8-10-17)21-18(23)12-27-19(24)14-5-4-6-15(20)11-14/h4-11,13H,12H2,1-3H3,(H,21,23). The van der Waals surface area contributed by atoms with Crippen molar-refractivity contribution in [1.29, 1.82) is 0 Å². The van der Waals surface area contributed by atoms with E-state index in [1.165, 1.54) is 53.8 Å². The summed E-state index contributed by atoms with van der Waals surface area (Å²) in [5, 5.41) is 2.49. The molecule has 2 rings (SSSR count). The van der Waals surface area contributed by atoms with Gasteiger partial charge in [0.1, 0.15) is 5.82 Å². The third kappa shape index (κ3) is 5.37. The number of carbonyl (C=O) groups is 2.